The third kappa shape index (κ3) is 2.85. The Morgan fingerprint density at radius 3 is 2.96 bits per heavy atom. The summed E-state index contributed by atoms with van der Waals surface area (Å²) in [6, 6.07) is 4.27. The van der Waals surface area contributed by atoms with Gasteiger partial charge in [-0.1, -0.05) is 19.4 Å². The molecule has 1 aromatic carbocycles. The second-order valence-corrected chi connectivity index (χ2v) is 7.71. The average Bonchev–Trinajstić information content (AvgIpc) is 3.09. The summed E-state index contributed by atoms with van der Waals surface area (Å²) >= 11 is 1.45. The number of para-hydroxylation sites is 1. The topological polar surface area (TPSA) is 69.6 Å². The van der Waals surface area contributed by atoms with Gasteiger partial charge < -0.3 is 15.3 Å². The van der Waals surface area contributed by atoms with Crippen LogP contribution in [0.15, 0.2) is 23.1 Å². The van der Waals surface area contributed by atoms with Crippen molar-refractivity contribution in [3.63, 3.8) is 0 Å². The van der Waals surface area contributed by atoms with Crippen LogP contribution < -0.4 is 5.32 Å². The van der Waals surface area contributed by atoms with Gasteiger partial charge >= 0.3 is 12.0 Å². The lowest BCUT2D eigenvalue weighted by atomic mass is 9.81. The number of nitrogens with zero attached hydrogens (tertiary/aromatic N) is 1. The van der Waals surface area contributed by atoms with E-state index in [1.807, 2.05) is 6.92 Å². The Morgan fingerprint density at radius 1 is 1.50 bits per heavy atom. The fourth-order valence-corrected chi connectivity index (χ4v) is 4.66. The van der Waals surface area contributed by atoms with Gasteiger partial charge in [0.15, 0.2) is 0 Å². The van der Waals surface area contributed by atoms with E-state index < -0.39 is 23.2 Å². The summed E-state index contributed by atoms with van der Waals surface area (Å²) in [5.74, 6) is -0.548. The van der Waals surface area contributed by atoms with Gasteiger partial charge in [0, 0.05) is 18.0 Å². The summed E-state index contributed by atoms with van der Waals surface area (Å²) in [5.41, 5.74) is -0.649. The minimum absolute atomic E-state index is 0.00847. The predicted molar refractivity (Wildman–Crippen MR) is 90.8 cm³/mol. The molecule has 2 N–H and O–H groups in total. The van der Waals surface area contributed by atoms with Gasteiger partial charge in [0.1, 0.15) is 5.82 Å². The fourth-order valence-electron chi connectivity index (χ4n) is 3.88. The zero-order valence-corrected chi connectivity index (χ0v) is 14.4. The van der Waals surface area contributed by atoms with E-state index in [4.69, 9.17) is 0 Å². The molecule has 2 amide bonds. The van der Waals surface area contributed by atoms with E-state index in [1.54, 1.807) is 12.1 Å². The lowest BCUT2D eigenvalue weighted by Crippen LogP contribution is -2.38. The monoisotopic (exact) mass is 352 g/mol. The van der Waals surface area contributed by atoms with E-state index in [2.05, 4.69) is 5.32 Å². The molecule has 1 aliphatic heterocycles. The molecule has 2 atom stereocenters. The molecule has 2 fully saturated rings. The van der Waals surface area contributed by atoms with Gasteiger partial charge in [-0.15, -0.1) is 11.8 Å². The number of nitrogens with one attached hydrogen (secondary N) is 1. The lowest BCUT2D eigenvalue weighted by Gasteiger charge is -2.23. The van der Waals surface area contributed by atoms with Crippen molar-refractivity contribution in [3.8, 4) is 0 Å². The first-order chi connectivity index (χ1) is 11.5. The Balaban J connectivity index is 1.77. The maximum Gasteiger partial charge on any atom is 0.321 e. The summed E-state index contributed by atoms with van der Waals surface area (Å²) in [5, 5.41) is 12.2. The molecule has 3 rings (SSSR count). The van der Waals surface area contributed by atoms with Crippen LogP contribution in [0.4, 0.5) is 14.9 Å². The second kappa shape index (κ2) is 6.63. The van der Waals surface area contributed by atoms with Crippen molar-refractivity contribution in [2.24, 2.45) is 11.3 Å². The number of carbonyl (C=O) groups is 2. The van der Waals surface area contributed by atoms with Crippen molar-refractivity contribution < 1.29 is 19.1 Å². The number of rotatable bonds is 4. The van der Waals surface area contributed by atoms with Crippen molar-refractivity contribution in [1.29, 1.82) is 0 Å². The van der Waals surface area contributed by atoms with E-state index in [-0.39, 0.29) is 18.2 Å². The van der Waals surface area contributed by atoms with Gasteiger partial charge in [-0.3, -0.25) is 4.79 Å². The molecule has 130 valence electrons. The number of anilines is 1. The molecule has 0 bridgehead atoms. The fraction of sp³-hybridized carbons (Fsp3) is 0.529. The van der Waals surface area contributed by atoms with Crippen LogP contribution in [0.5, 0.6) is 0 Å². The number of fused-ring (bicyclic) bond motifs is 1. The second-order valence-electron chi connectivity index (χ2n) is 6.41. The third-order valence-corrected chi connectivity index (χ3v) is 6.03. The van der Waals surface area contributed by atoms with E-state index in [0.29, 0.717) is 17.9 Å². The zero-order chi connectivity index (χ0) is 17.3. The molecule has 24 heavy (non-hydrogen) atoms. The highest BCUT2D eigenvalue weighted by Gasteiger charge is 2.55. The smallest absolute Gasteiger partial charge is 0.321 e. The van der Waals surface area contributed by atoms with Crippen LogP contribution in [-0.2, 0) is 4.79 Å². The summed E-state index contributed by atoms with van der Waals surface area (Å²) in [6.07, 6.45) is 2.32. The van der Waals surface area contributed by atoms with Crippen molar-refractivity contribution in [2.45, 2.75) is 31.1 Å². The highest BCUT2D eigenvalue weighted by molar-refractivity contribution is 7.99. The number of hydrogen-bond donors (Lipinski definition) is 2. The number of amides is 2. The molecule has 0 radical (unpaired) electrons. The highest BCUT2D eigenvalue weighted by atomic mass is 32.2. The van der Waals surface area contributed by atoms with Crippen molar-refractivity contribution >= 4 is 29.4 Å². The average molecular weight is 352 g/mol. The Morgan fingerprint density at radius 2 is 2.29 bits per heavy atom. The van der Waals surface area contributed by atoms with Crippen LogP contribution in [0.1, 0.15) is 26.2 Å². The van der Waals surface area contributed by atoms with Crippen molar-refractivity contribution in [1.82, 2.24) is 4.90 Å². The van der Waals surface area contributed by atoms with Gasteiger partial charge in [-0.05, 0) is 36.6 Å². The van der Waals surface area contributed by atoms with Gasteiger partial charge in [-0.25, -0.2) is 9.18 Å². The quantitative estimate of drug-likeness (QED) is 0.812. The number of carboxylic acid groups (broad SMARTS) is 1. The number of hydrogen-bond acceptors (Lipinski definition) is 3. The van der Waals surface area contributed by atoms with Crippen LogP contribution in [0, 0.1) is 17.2 Å². The van der Waals surface area contributed by atoms with E-state index in [9.17, 15) is 19.1 Å². The normalized spacial score (nSPS) is 25.6. The Hall–Kier alpha value is -1.76. The summed E-state index contributed by atoms with van der Waals surface area (Å²) in [7, 11) is 0. The summed E-state index contributed by atoms with van der Waals surface area (Å²) < 4.78 is 14.1. The molecule has 0 spiro atoms. The van der Waals surface area contributed by atoms with Gasteiger partial charge in [0.25, 0.3) is 0 Å². The zero-order valence-electron chi connectivity index (χ0n) is 13.5. The van der Waals surface area contributed by atoms with Crippen molar-refractivity contribution in [2.75, 3.05) is 24.2 Å². The Kier molecular flexibility index (Phi) is 4.71. The molecule has 5 nitrogen and oxygen atoms in total. The number of benzene rings is 1. The van der Waals surface area contributed by atoms with Crippen molar-refractivity contribution in [3.05, 3.63) is 24.0 Å². The number of urea groups is 1. The van der Waals surface area contributed by atoms with Crippen LogP contribution in [0.3, 0.4) is 0 Å². The first kappa shape index (κ1) is 17.1. The molecule has 1 saturated carbocycles. The molecular formula is C17H21FN2O3S. The molecule has 1 aliphatic carbocycles. The standard InChI is InChI=1S/C17H21FN2O3S/c1-2-24-13-7-3-6-12(18)14(13)19-16(23)20-9-11-5-4-8-17(11,10-20)15(21)22/h3,6-7,11H,2,4-5,8-10H2,1H3,(H,19,23)(H,21,22)/t11-,17+/m0/s1. The molecule has 7 heteroatoms. The Labute approximate surface area is 144 Å². The lowest BCUT2D eigenvalue weighted by molar-refractivity contribution is -0.149. The SMILES string of the molecule is CCSc1cccc(F)c1NC(=O)N1C[C@@H]2CCC[C@@]2(C(=O)O)C1. The van der Waals surface area contributed by atoms with Crippen LogP contribution in [0.2, 0.25) is 0 Å². The number of thioether (sulfide) groups is 1. The van der Waals surface area contributed by atoms with E-state index in [1.165, 1.54) is 22.7 Å². The third-order valence-electron chi connectivity index (χ3n) is 5.09. The molecule has 0 aromatic heterocycles. The molecule has 1 heterocycles. The molecule has 0 unspecified atom stereocenters. The van der Waals surface area contributed by atoms with Gasteiger partial charge in [0.2, 0.25) is 0 Å². The number of likely N-dealkylation sites (tertiary alicyclic amines) is 1. The highest BCUT2D eigenvalue weighted by Crippen LogP contribution is 2.49. The van der Waals surface area contributed by atoms with E-state index in [0.717, 1.165) is 18.6 Å². The maximum absolute atomic E-state index is 14.1. The summed E-state index contributed by atoms with van der Waals surface area (Å²) in [6.45, 7) is 2.58. The minimum atomic E-state index is -0.826. The molecular weight excluding hydrogens is 331 g/mol. The number of aliphatic carboxylic acids is 1. The first-order valence-corrected chi connectivity index (χ1v) is 9.17. The molecule has 1 aromatic rings. The molecule has 1 saturated heterocycles. The van der Waals surface area contributed by atoms with Gasteiger partial charge in [0.05, 0.1) is 11.1 Å². The number of halogens is 1. The van der Waals surface area contributed by atoms with Crippen LogP contribution >= 0.6 is 11.8 Å². The van der Waals surface area contributed by atoms with Crippen LogP contribution in [-0.4, -0.2) is 40.8 Å². The largest absolute Gasteiger partial charge is 0.481 e. The number of carboxylic acids is 1. The minimum Gasteiger partial charge on any atom is -0.481 e. The molecule has 2 aliphatic rings. The summed E-state index contributed by atoms with van der Waals surface area (Å²) in [4.78, 5) is 26.5. The van der Waals surface area contributed by atoms with Gasteiger partial charge in [-0.2, -0.15) is 0 Å². The maximum atomic E-state index is 14.1. The number of carbonyl (C=O) groups excluding carboxylic acids is 1. The van der Waals surface area contributed by atoms with E-state index >= 15 is 0 Å². The first-order valence-electron chi connectivity index (χ1n) is 8.18. The predicted octanol–water partition coefficient (Wildman–Crippen LogP) is 3.66. The Bertz CT molecular complexity index is 669. The van der Waals surface area contributed by atoms with Crippen LogP contribution in [0.25, 0.3) is 0 Å².